The number of nitrogens with zero attached hydrogens (tertiary/aromatic N) is 1. The molecule has 1 aromatic rings. The molecule has 0 unspecified atom stereocenters. The van der Waals surface area contributed by atoms with Crippen LogP contribution in [-0.4, -0.2) is 23.0 Å². The lowest BCUT2D eigenvalue weighted by molar-refractivity contribution is 0.123. The predicted molar refractivity (Wildman–Crippen MR) is 94.6 cm³/mol. The molecule has 1 aliphatic carbocycles. The van der Waals surface area contributed by atoms with Gasteiger partial charge in [0.05, 0.1) is 0 Å². The molecule has 0 bridgehead atoms. The first-order valence-electron chi connectivity index (χ1n) is 7.88. The Morgan fingerprint density at radius 3 is 2.48 bits per heavy atom. The minimum absolute atomic E-state index is 0.479. The molecule has 0 amide bonds. The molecule has 1 aliphatic rings. The second-order valence-corrected chi connectivity index (χ2v) is 7.76. The minimum Gasteiger partial charge on any atom is -0.389 e. The first-order valence-corrected chi connectivity index (χ1v) is 8.29. The lowest BCUT2D eigenvalue weighted by atomic mass is 9.75. The highest BCUT2D eigenvalue weighted by molar-refractivity contribution is 7.80. The Morgan fingerprint density at radius 1 is 1.33 bits per heavy atom. The van der Waals surface area contributed by atoms with Crippen LogP contribution in [0, 0.1) is 12.3 Å². The third-order valence-corrected chi connectivity index (χ3v) is 5.21. The largest absolute Gasteiger partial charge is 0.389 e. The summed E-state index contributed by atoms with van der Waals surface area (Å²) in [7, 11) is 2.25. The van der Waals surface area contributed by atoms with Gasteiger partial charge in [-0.15, -0.1) is 0 Å². The van der Waals surface area contributed by atoms with Crippen molar-refractivity contribution in [2.24, 2.45) is 11.1 Å². The Kier molecular flexibility index (Phi) is 5.05. The van der Waals surface area contributed by atoms with Crippen LogP contribution < -0.4 is 5.73 Å². The van der Waals surface area contributed by atoms with Crippen LogP contribution in [0.25, 0.3) is 0 Å². The number of aryl methyl sites for hydroxylation is 1. The molecule has 1 aromatic carbocycles. The van der Waals surface area contributed by atoms with Gasteiger partial charge < -0.3 is 5.73 Å². The van der Waals surface area contributed by atoms with Crippen molar-refractivity contribution in [2.75, 3.05) is 7.05 Å². The second kappa shape index (κ2) is 6.45. The van der Waals surface area contributed by atoms with Crippen molar-refractivity contribution >= 4 is 17.2 Å². The van der Waals surface area contributed by atoms with Gasteiger partial charge in [0, 0.05) is 18.2 Å². The van der Waals surface area contributed by atoms with E-state index < -0.39 is 0 Å². The van der Waals surface area contributed by atoms with Gasteiger partial charge in [0.2, 0.25) is 0 Å². The molecule has 0 aliphatic heterocycles. The van der Waals surface area contributed by atoms with Gasteiger partial charge in [0.25, 0.3) is 0 Å². The highest BCUT2D eigenvalue weighted by atomic mass is 32.1. The van der Waals surface area contributed by atoms with E-state index in [1.54, 1.807) is 0 Å². The van der Waals surface area contributed by atoms with E-state index in [0.717, 1.165) is 12.1 Å². The maximum atomic E-state index is 5.70. The van der Waals surface area contributed by atoms with Crippen LogP contribution in [0.15, 0.2) is 18.2 Å². The maximum absolute atomic E-state index is 5.70. The van der Waals surface area contributed by atoms with Crippen molar-refractivity contribution in [1.82, 2.24) is 4.90 Å². The van der Waals surface area contributed by atoms with Gasteiger partial charge in [-0.25, -0.2) is 0 Å². The Morgan fingerprint density at radius 2 is 1.95 bits per heavy atom. The smallest absolute Gasteiger partial charge is 0.103 e. The summed E-state index contributed by atoms with van der Waals surface area (Å²) in [6, 6.07) is 7.04. The van der Waals surface area contributed by atoms with E-state index in [1.165, 1.54) is 36.8 Å². The van der Waals surface area contributed by atoms with Crippen molar-refractivity contribution in [1.29, 1.82) is 0 Å². The number of rotatable bonds is 4. The fourth-order valence-corrected chi connectivity index (χ4v) is 3.38. The molecule has 0 aromatic heterocycles. The van der Waals surface area contributed by atoms with Gasteiger partial charge in [-0.3, -0.25) is 4.90 Å². The van der Waals surface area contributed by atoms with Gasteiger partial charge in [-0.05, 0) is 62.3 Å². The summed E-state index contributed by atoms with van der Waals surface area (Å²) in [5.41, 5.74) is 9.85. The fourth-order valence-electron chi connectivity index (χ4n) is 3.25. The van der Waals surface area contributed by atoms with Crippen LogP contribution in [-0.2, 0) is 6.54 Å². The Labute approximate surface area is 134 Å². The van der Waals surface area contributed by atoms with Gasteiger partial charge >= 0.3 is 0 Å². The number of thiocarbonyl (C=S) groups is 1. The Hall–Kier alpha value is -0.930. The molecular weight excluding hydrogens is 276 g/mol. The molecular formula is C18H28N2S. The van der Waals surface area contributed by atoms with E-state index in [4.69, 9.17) is 18.0 Å². The van der Waals surface area contributed by atoms with Crippen LogP contribution in [0.3, 0.4) is 0 Å². The molecule has 0 atom stereocenters. The van der Waals surface area contributed by atoms with Crippen molar-refractivity contribution in [2.45, 2.75) is 59.0 Å². The van der Waals surface area contributed by atoms with Crippen molar-refractivity contribution < 1.29 is 0 Å². The molecule has 0 spiro atoms. The molecule has 2 rings (SSSR count). The van der Waals surface area contributed by atoms with E-state index in [2.05, 4.69) is 44.9 Å². The lowest BCUT2D eigenvalue weighted by Crippen LogP contribution is -2.36. The molecule has 2 N–H and O–H groups in total. The monoisotopic (exact) mass is 304 g/mol. The summed E-state index contributed by atoms with van der Waals surface area (Å²) >= 11 is 5.04. The second-order valence-electron chi connectivity index (χ2n) is 7.32. The van der Waals surface area contributed by atoms with Gasteiger partial charge in [0.1, 0.15) is 4.99 Å². The Bertz CT molecular complexity index is 512. The number of hydrogen-bond donors (Lipinski definition) is 1. The summed E-state index contributed by atoms with van der Waals surface area (Å²) in [6.07, 6.45) is 5.30. The molecule has 3 heteroatoms. The molecule has 0 heterocycles. The fraction of sp³-hybridized carbons (Fsp3) is 0.611. The average Bonchev–Trinajstić information content (AvgIpc) is 2.40. The van der Waals surface area contributed by atoms with Crippen LogP contribution >= 0.6 is 12.2 Å². The van der Waals surface area contributed by atoms with E-state index in [9.17, 15) is 0 Å². The van der Waals surface area contributed by atoms with Crippen molar-refractivity contribution in [3.63, 3.8) is 0 Å². The maximum Gasteiger partial charge on any atom is 0.103 e. The number of nitrogens with two attached hydrogens (primary N) is 1. The molecule has 1 saturated carbocycles. The van der Waals surface area contributed by atoms with Gasteiger partial charge in [-0.1, -0.05) is 38.2 Å². The zero-order chi connectivity index (χ0) is 15.6. The third kappa shape index (κ3) is 4.27. The molecule has 116 valence electrons. The molecule has 0 radical (unpaired) electrons. The summed E-state index contributed by atoms with van der Waals surface area (Å²) < 4.78 is 0. The zero-order valence-electron chi connectivity index (χ0n) is 13.8. The lowest BCUT2D eigenvalue weighted by Gasteiger charge is -2.38. The SMILES string of the molecule is Cc1cc(C(N)=S)ccc1CN(C)C1CCC(C)(C)CC1. The average molecular weight is 305 g/mol. The third-order valence-electron chi connectivity index (χ3n) is 4.98. The summed E-state index contributed by atoms with van der Waals surface area (Å²) in [5.74, 6) is 0. The predicted octanol–water partition coefficient (Wildman–Crippen LogP) is 4.03. The number of hydrogen-bond acceptors (Lipinski definition) is 2. The minimum atomic E-state index is 0.479. The highest BCUT2D eigenvalue weighted by Gasteiger charge is 2.28. The first-order chi connectivity index (χ1) is 9.78. The topological polar surface area (TPSA) is 29.3 Å². The van der Waals surface area contributed by atoms with Crippen molar-refractivity contribution in [3.8, 4) is 0 Å². The summed E-state index contributed by atoms with van der Waals surface area (Å²) in [5, 5.41) is 0. The zero-order valence-corrected chi connectivity index (χ0v) is 14.6. The van der Waals surface area contributed by atoms with Gasteiger partial charge in [-0.2, -0.15) is 0 Å². The van der Waals surface area contributed by atoms with E-state index in [-0.39, 0.29) is 0 Å². The van der Waals surface area contributed by atoms with E-state index in [1.807, 2.05) is 6.07 Å². The van der Waals surface area contributed by atoms with Gasteiger partial charge in [0.15, 0.2) is 0 Å². The van der Waals surface area contributed by atoms with Crippen LogP contribution in [0.1, 0.15) is 56.2 Å². The van der Waals surface area contributed by atoms with E-state index in [0.29, 0.717) is 16.4 Å². The number of benzene rings is 1. The molecule has 1 fully saturated rings. The van der Waals surface area contributed by atoms with Crippen LogP contribution in [0.4, 0.5) is 0 Å². The quantitative estimate of drug-likeness (QED) is 0.852. The summed E-state index contributed by atoms with van der Waals surface area (Å²) in [6.45, 7) is 7.94. The highest BCUT2D eigenvalue weighted by Crippen LogP contribution is 2.36. The molecule has 21 heavy (non-hydrogen) atoms. The standard InChI is InChI=1S/C18H28N2S/c1-13-11-14(17(19)21)5-6-15(13)12-20(4)16-7-9-18(2,3)10-8-16/h5-6,11,16H,7-10,12H2,1-4H3,(H2,19,21). The normalized spacial score (nSPS) is 18.9. The van der Waals surface area contributed by atoms with Crippen LogP contribution in [0.2, 0.25) is 0 Å². The summed E-state index contributed by atoms with van der Waals surface area (Å²) in [4.78, 5) is 2.99. The van der Waals surface area contributed by atoms with Crippen molar-refractivity contribution in [3.05, 3.63) is 34.9 Å². The molecule has 0 saturated heterocycles. The first kappa shape index (κ1) is 16.4. The Balaban J connectivity index is 2.00. The molecule has 2 nitrogen and oxygen atoms in total. The van der Waals surface area contributed by atoms with Crippen LogP contribution in [0.5, 0.6) is 0 Å². The van der Waals surface area contributed by atoms with E-state index >= 15 is 0 Å².